The molecule has 0 radical (unpaired) electrons. The van der Waals surface area contributed by atoms with Crippen LogP contribution in [0.3, 0.4) is 0 Å². The predicted molar refractivity (Wildman–Crippen MR) is 90.0 cm³/mol. The van der Waals surface area contributed by atoms with Crippen LogP contribution in [0.25, 0.3) is 0 Å². The zero-order valence-corrected chi connectivity index (χ0v) is 14.8. The first-order valence-corrected chi connectivity index (χ1v) is 8.81. The minimum Gasteiger partial charge on any atom is -0.497 e. The van der Waals surface area contributed by atoms with E-state index in [9.17, 15) is 13.2 Å². The average molecular weight is 352 g/mol. The van der Waals surface area contributed by atoms with Crippen LogP contribution in [0.15, 0.2) is 29.2 Å². The Bertz CT molecular complexity index is 838. The van der Waals surface area contributed by atoms with Gasteiger partial charge in [-0.25, -0.2) is 13.2 Å². The van der Waals surface area contributed by atoms with Crippen molar-refractivity contribution in [2.75, 3.05) is 18.4 Å². The number of benzene rings is 1. The zero-order chi connectivity index (χ0) is 17.9. The maximum Gasteiger partial charge on any atom is 0.355 e. The van der Waals surface area contributed by atoms with Gasteiger partial charge in [-0.2, -0.15) is 0 Å². The van der Waals surface area contributed by atoms with Gasteiger partial charge in [-0.15, -0.1) is 0 Å². The number of hydrogen-bond acceptors (Lipinski definition) is 5. The van der Waals surface area contributed by atoms with Crippen LogP contribution in [-0.2, 0) is 14.8 Å². The van der Waals surface area contributed by atoms with E-state index in [0.29, 0.717) is 22.7 Å². The first-order valence-electron chi connectivity index (χ1n) is 7.33. The Hall–Kier alpha value is -2.48. The summed E-state index contributed by atoms with van der Waals surface area (Å²) in [5, 5.41) is 0. The maximum atomic E-state index is 12.7. The highest BCUT2D eigenvalue weighted by molar-refractivity contribution is 7.92. The molecule has 0 saturated heterocycles. The van der Waals surface area contributed by atoms with E-state index in [1.54, 1.807) is 45.0 Å². The summed E-state index contributed by atoms with van der Waals surface area (Å²) in [6.07, 6.45) is 0. The van der Waals surface area contributed by atoms with Crippen molar-refractivity contribution in [2.45, 2.75) is 25.7 Å². The number of hydrogen-bond donors (Lipinski definition) is 2. The van der Waals surface area contributed by atoms with Crippen LogP contribution in [0.5, 0.6) is 5.75 Å². The van der Waals surface area contributed by atoms with Crippen LogP contribution >= 0.6 is 0 Å². The van der Waals surface area contributed by atoms with Crippen molar-refractivity contribution in [3.63, 3.8) is 0 Å². The molecule has 0 amide bonds. The van der Waals surface area contributed by atoms with Crippen molar-refractivity contribution in [1.29, 1.82) is 0 Å². The van der Waals surface area contributed by atoms with Crippen LogP contribution in [0, 0.1) is 13.8 Å². The summed E-state index contributed by atoms with van der Waals surface area (Å²) >= 11 is 0. The number of ether oxygens (including phenoxy) is 2. The highest BCUT2D eigenvalue weighted by atomic mass is 32.2. The second-order valence-corrected chi connectivity index (χ2v) is 6.75. The Kier molecular flexibility index (Phi) is 5.18. The molecule has 0 saturated carbocycles. The highest BCUT2D eigenvalue weighted by Crippen LogP contribution is 2.26. The molecule has 0 aliphatic rings. The number of rotatable bonds is 6. The Morgan fingerprint density at radius 3 is 2.38 bits per heavy atom. The van der Waals surface area contributed by atoms with E-state index in [-0.39, 0.29) is 17.2 Å². The normalized spacial score (nSPS) is 11.2. The molecule has 24 heavy (non-hydrogen) atoms. The fraction of sp³-hybridized carbons (Fsp3) is 0.312. The van der Waals surface area contributed by atoms with Gasteiger partial charge < -0.3 is 14.5 Å². The first-order chi connectivity index (χ1) is 11.3. The Morgan fingerprint density at radius 2 is 1.83 bits per heavy atom. The summed E-state index contributed by atoms with van der Waals surface area (Å²) in [5.41, 5.74) is 1.24. The van der Waals surface area contributed by atoms with Crippen LogP contribution < -0.4 is 9.46 Å². The molecule has 130 valence electrons. The molecule has 8 heteroatoms. The van der Waals surface area contributed by atoms with Gasteiger partial charge in [0.2, 0.25) is 0 Å². The summed E-state index contributed by atoms with van der Waals surface area (Å²) in [7, 11) is -2.32. The first kappa shape index (κ1) is 17.9. The van der Waals surface area contributed by atoms with Crippen molar-refractivity contribution in [2.24, 2.45) is 0 Å². The van der Waals surface area contributed by atoms with Gasteiger partial charge in [0.1, 0.15) is 16.3 Å². The smallest absolute Gasteiger partial charge is 0.355 e. The Morgan fingerprint density at radius 1 is 1.21 bits per heavy atom. The number of methoxy groups -OCH3 is 1. The van der Waals surface area contributed by atoms with E-state index in [1.807, 2.05) is 0 Å². The van der Waals surface area contributed by atoms with Gasteiger partial charge in [0.15, 0.2) is 0 Å². The van der Waals surface area contributed by atoms with Gasteiger partial charge in [0, 0.05) is 16.9 Å². The number of aryl methyl sites for hydroxylation is 1. The summed E-state index contributed by atoms with van der Waals surface area (Å²) in [4.78, 5) is 14.7. The monoisotopic (exact) mass is 352 g/mol. The number of anilines is 1. The van der Waals surface area contributed by atoms with Crippen molar-refractivity contribution in [3.8, 4) is 5.75 Å². The maximum absolute atomic E-state index is 12.7. The second kappa shape index (κ2) is 6.96. The van der Waals surface area contributed by atoms with Crippen LogP contribution in [-0.4, -0.2) is 33.1 Å². The van der Waals surface area contributed by atoms with Gasteiger partial charge in [0.05, 0.1) is 13.7 Å². The SMILES string of the molecule is CCOC(=O)c1[nH]c(C)c(S(=O)(=O)Nc2ccc(OC)cc2)c1C. The molecule has 0 aliphatic carbocycles. The van der Waals surface area contributed by atoms with E-state index in [1.165, 1.54) is 7.11 Å². The van der Waals surface area contributed by atoms with Gasteiger partial charge in [-0.3, -0.25) is 4.72 Å². The summed E-state index contributed by atoms with van der Waals surface area (Å²) < 4.78 is 37.8. The molecule has 2 aromatic rings. The number of carbonyl (C=O) groups is 1. The molecule has 1 heterocycles. The number of sulfonamides is 1. The highest BCUT2D eigenvalue weighted by Gasteiger charge is 2.27. The molecule has 0 spiro atoms. The van der Waals surface area contributed by atoms with Crippen LogP contribution in [0.4, 0.5) is 5.69 Å². The average Bonchev–Trinajstić information content (AvgIpc) is 2.83. The topological polar surface area (TPSA) is 97.5 Å². The number of esters is 1. The third-order valence-corrected chi connectivity index (χ3v) is 5.11. The van der Waals surface area contributed by atoms with Gasteiger partial charge in [-0.1, -0.05) is 0 Å². The lowest BCUT2D eigenvalue weighted by molar-refractivity contribution is 0.0519. The number of aromatic nitrogens is 1. The van der Waals surface area contributed by atoms with Gasteiger partial charge >= 0.3 is 5.97 Å². The standard InChI is InChI=1S/C16H20N2O5S/c1-5-23-16(19)14-10(2)15(11(3)17-14)24(20,21)18-12-6-8-13(22-4)9-7-12/h6-9,17-18H,5H2,1-4H3. The molecule has 0 unspecified atom stereocenters. The predicted octanol–water partition coefficient (Wildman–Crippen LogP) is 2.62. The van der Waals surface area contributed by atoms with E-state index in [0.717, 1.165) is 0 Å². The minimum absolute atomic E-state index is 0.0429. The zero-order valence-electron chi connectivity index (χ0n) is 14.0. The Labute approximate surface area is 141 Å². The van der Waals surface area contributed by atoms with Crippen LogP contribution in [0.1, 0.15) is 28.7 Å². The molecule has 2 rings (SSSR count). The fourth-order valence-corrected chi connectivity index (χ4v) is 3.92. The van der Waals surface area contributed by atoms with E-state index in [2.05, 4.69) is 9.71 Å². The number of nitrogens with one attached hydrogen (secondary N) is 2. The lowest BCUT2D eigenvalue weighted by atomic mass is 10.2. The van der Waals surface area contributed by atoms with E-state index in [4.69, 9.17) is 9.47 Å². The molecule has 7 nitrogen and oxygen atoms in total. The van der Waals surface area contributed by atoms with E-state index < -0.39 is 16.0 Å². The lowest BCUT2D eigenvalue weighted by Crippen LogP contribution is -2.15. The number of H-pyrrole nitrogens is 1. The molecule has 2 N–H and O–H groups in total. The molecule has 1 aromatic heterocycles. The number of carbonyl (C=O) groups excluding carboxylic acids is 1. The summed E-state index contributed by atoms with van der Waals surface area (Å²) in [5.74, 6) is 0.0422. The molecular formula is C16H20N2O5S. The summed E-state index contributed by atoms with van der Waals surface area (Å²) in [6, 6.07) is 6.50. The molecular weight excluding hydrogens is 332 g/mol. The van der Waals surface area contributed by atoms with Crippen molar-refractivity contribution < 1.29 is 22.7 Å². The second-order valence-electron chi connectivity index (χ2n) is 5.13. The minimum atomic E-state index is -3.85. The van der Waals surface area contributed by atoms with Crippen LogP contribution in [0.2, 0.25) is 0 Å². The molecule has 0 aliphatic heterocycles. The third kappa shape index (κ3) is 3.53. The Balaban J connectivity index is 2.36. The van der Waals surface area contributed by atoms with Crippen molar-refractivity contribution in [3.05, 3.63) is 41.2 Å². The molecule has 0 fully saturated rings. The van der Waals surface area contributed by atoms with Crippen molar-refractivity contribution >= 4 is 21.7 Å². The van der Waals surface area contributed by atoms with E-state index >= 15 is 0 Å². The fourth-order valence-electron chi connectivity index (χ4n) is 2.41. The quantitative estimate of drug-likeness (QED) is 0.779. The molecule has 0 bridgehead atoms. The molecule has 1 aromatic carbocycles. The molecule has 0 atom stereocenters. The van der Waals surface area contributed by atoms with Gasteiger partial charge in [-0.05, 0) is 45.0 Å². The number of aromatic amines is 1. The van der Waals surface area contributed by atoms with Gasteiger partial charge in [0.25, 0.3) is 10.0 Å². The third-order valence-electron chi connectivity index (χ3n) is 3.46. The summed E-state index contributed by atoms with van der Waals surface area (Å²) in [6.45, 7) is 5.06. The largest absolute Gasteiger partial charge is 0.497 e. The van der Waals surface area contributed by atoms with Crippen molar-refractivity contribution in [1.82, 2.24) is 4.98 Å². The lowest BCUT2D eigenvalue weighted by Gasteiger charge is -2.09.